The Labute approximate surface area is 120 Å². The first-order valence-electron chi connectivity index (χ1n) is 6.18. The van der Waals surface area contributed by atoms with Crippen LogP contribution < -0.4 is 0 Å². The van der Waals surface area contributed by atoms with Gasteiger partial charge in [-0.2, -0.15) is 16.8 Å². The van der Waals surface area contributed by atoms with Gasteiger partial charge in [-0.1, -0.05) is 38.5 Å². The van der Waals surface area contributed by atoms with E-state index in [-0.39, 0.29) is 12.2 Å². The standard InChI is InChI=1S/C10H21ClO6S2/c11-10(19(15,16)17)8-6-4-2-1-3-5-7-9-18(12,13)14/h10H,1-9H2,(H,12,13,14)(H,15,16,17). The summed E-state index contributed by atoms with van der Waals surface area (Å²) in [6.45, 7) is 0. The molecular formula is C10H21ClO6S2. The molecule has 0 saturated carbocycles. The van der Waals surface area contributed by atoms with Crippen molar-refractivity contribution in [1.82, 2.24) is 0 Å². The Bertz CT molecular complexity index is 431. The van der Waals surface area contributed by atoms with E-state index in [1.807, 2.05) is 0 Å². The summed E-state index contributed by atoms with van der Waals surface area (Å²) in [6, 6.07) is 0. The average molecular weight is 337 g/mol. The summed E-state index contributed by atoms with van der Waals surface area (Å²) in [7, 11) is -7.98. The quantitative estimate of drug-likeness (QED) is 0.341. The molecule has 0 amide bonds. The average Bonchev–Trinajstić information content (AvgIpc) is 2.23. The minimum Gasteiger partial charge on any atom is -0.286 e. The molecule has 0 aromatic carbocycles. The fourth-order valence-corrected chi connectivity index (χ4v) is 2.81. The lowest BCUT2D eigenvalue weighted by molar-refractivity contribution is 0.471. The summed E-state index contributed by atoms with van der Waals surface area (Å²) in [5.41, 5.74) is 0. The van der Waals surface area contributed by atoms with Crippen LogP contribution in [0.1, 0.15) is 51.4 Å². The highest BCUT2D eigenvalue weighted by Crippen LogP contribution is 2.15. The predicted octanol–water partition coefficient (Wildman–Crippen LogP) is 2.45. The van der Waals surface area contributed by atoms with Crippen LogP contribution in [-0.4, -0.2) is 36.4 Å². The van der Waals surface area contributed by atoms with Crippen molar-refractivity contribution in [3.63, 3.8) is 0 Å². The lowest BCUT2D eigenvalue weighted by atomic mass is 10.1. The maximum Gasteiger partial charge on any atom is 0.281 e. The lowest BCUT2D eigenvalue weighted by Gasteiger charge is -2.05. The van der Waals surface area contributed by atoms with Crippen molar-refractivity contribution in [2.45, 2.75) is 56.1 Å². The highest BCUT2D eigenvalue weighted by molar-refractivity contribution is 7.87. The summed E-state index contributed by atoms with van der Waals surface area (Å²) in [5, 5.41) is 0. The fraction of sp³-hybridized carbons (Fsp3) is 1.00. The van der Waals surface area contributed by atoms with Crippen molar-refractivity contribution in [3.8, 4) is 0 Å². The van der Waals surface area contributed by atoms with E-state index in [0.717, 1.165) is 32.1 Å². The van der Waals surface area contributed by atoms with Gasteiger partial charge in [0.1, 0.15) is 0 Å². The lowest BCUT2D eigenvalue weighted by Crippen LogP contribution is -2.13. The molecule has 0 aromatic rings. The normalized spacial score (nSPS) is 14.5. The molecule has 19 heavy (non-hydrogen) atoms. The van der Waals surface area contributed by atoms with Crippen molar-refractivity contribution in [1.29, 1.82) is 0 Å². The highest BCUT2D eigenvalue weighted by Gasteiger charge is 2.18. The highest BCUT2D eigenvalue weighted by atomic mass is 35.5. The van der Waals surface area contributed by atoms with Gasteiger partial charge in [0, 0.05) is 0 Å². The molecule has 2 N–H and O–H groups in total. The van der Waals surface area contributed by atoms with Crippen molar-refractivity contribution in [2.75, 3.05) is 5.75 Å². The maximum atomic E-state index is 10.6. The van der Waals surface area contributed by atoms with Crippen LogP contribution in [0.2, 0.25) is 0 Å². The Balaban J connectivity index is 3.38. The predicted molar refractivity (Wildman–Crippen MR) is 74.5 cm³/mol. The molecule has 0 fully saturated rings. The van der Waals surface area contributed by atoms with Crippen molar-refractivity contribution in [3.05, 3.63) is 0 Å². The van der Waals surface area contributed by atoms with Crippen LogP contribution in [0.4, 0.5) is 0 Å². The largest absolute Gasteiger partial charge is 0.286 e. The maximum absolute atomic E-state index is 10.6. The second kappa shape index (κ2) is 9.12. The molecule has 1 atom stereocenters. The van der Waals surface area contributed by atoms with E-state index in [4.69, 9.17) is 20.7 Å². The van der Waals surface area contributed by atoms with Crippen LogP contribution >= 0.6 is 11.6 Å². The van der Waals surface area contributed by atoms with Crippen molar-refractivity contribution in [2.24, 2.45) is 0 Å². The fourth-order valence-electron chi connectivity index (χ4n) is 1.62. The molecule has 0 aliphatic heterocycles. The van der Waals surface area contributed by atoms with E-state index in [2.05, 4.69) is 0 Å². The van der Waals surface area contributed by atoms with Crippen LogP contribution in [0.15, 0.2) is 0 Å². The van der Waals surface area contributed by atoms with Crippen molar-refractivity contribution >= 4 is 31.8 Å². The minimum atomic E-state index is -4.14. The summed E-state index contributed by atoms with van der Waals surface area (Å²) in [5.74, 6) is -0.199. The van der Waals surface area contributed by atoms with Crippen LogP contribution in [0.3, 0.4) is 0 Å². The van der Waals surface area contributed by atoms with E-state index < -0.39 is 24.9 Å². The van der Waals surface area contributed by atoms with Gasteiger partial charge in [0.05, 0.1) is 5.75 Å². The molecule has 1 unspecified atom stereocenters. The molecule has 0 aliphatic rings. The first kappa shape index (κ1) is 19.1. The molecular weight excluding hydrogens is 316 g/mol. The second-order valence-electron chi connectivity index (χ2n) is 4.47. The van der Waals surface area contributed by atoms with Crippen molar-refractivity contribution < 1.29 is 25.9 Å². The Morgan fingerprint density at radius 1 is 0.789 bits per heavy atom. The van der Waals surface area contributed by atoms with Gasteiger partial charge in [-0.3, -0.25) is 9.11 Å². The molecule has 6 nitrogen and oxygen atoms in total. The molecule has 0 spiro atoms. The molecule has 0 radical (unpaired) electrons. The summed E-state index contributed by atoms with van der Waals surface area (Å²) >= 11 is 5.46. The molecule has 0 aliphatic carbocycles. The minimum absolute atomic E-state index is 0.199. The number of rotatable bonds is 11. The van der Waals surface area contributed by atoms with Gasteiger partial charge < -0.3 is 0 Å². The van der Waals surface area contributed by atoms with Gasteiger partial charge in [-0.05, 0) is 12.8 Å². The van der Waals surface area contributed by atoms with Crippen LogP contribution in [0.5, 0.6) is 0 Å². The smallest absolute Gasteiger partial charge is 0.281 e. The number of unbranched alkanes of at least 4 members (excludes halogenated alkanes) is 6. The molecule has 0 saturated heterocycles. The van der Waals surface area contributed by atoms with Gasteiger partial charge in [0.2, 0.25) is 0 Å². The topological polar surface area (TPSA) is 109 Å². The first-order chi connectivity index (χ1) is 8.63. The summed E-state index contributed by atoms with van der Waals surface area (Å²) in [6.07, 6.45) is 5.55. The van der Waals surface area contributed by atoms with Crippen LogP contribution in [-0.2, 0) is 20.2 Å². The number of alkyl halides is 1. The number of hydrogen-bond acceptors (Lipinski definition) is 4. The zero-order valence-corrected chi connectivity index (χ0v) is 13.1. The van der Waals surface area contributed by atoms with Gasteiger partial charge in [-0.25, -0.2) is 0 Å². The van der Waals surface area contributed by atoms with E-state index in [0.29, 0.717) is 12.8 Å². The Morgan fingerprint density at radius 2 is 1.21 bits per heavy atom. The third kappa shape index (κ3) is 12.9. The van der Waals surface area contributed by atoms with Gasteiger partial charge in [-0.15, -0.1) is 11.6 Å². The third-order valence-electron chi connectivity index (χ3n) is 2.66. The van der Waals surface area contributed by atoms with Gasteiger partial charge in [0.25, 0.3) is 20.2 Å². The second-order valence-corrected chi connectivity index (χ2v) is 8.43. The van der Waals surface area contributed by atoms with Crippen LogP contribution in [0.25, 0.3) is 0 Å². The molecule has 116 valence electrons. The van der Waals surface area contributed by atoms with Gasteiger partial charge >= 0.3 is 0 Å². The van der Waals surface area contributed by atoms with E-state index in [1.165, 1.54) is 0 Å². The molecule has 0 heterocycles. The van der Waals surface area contributed by atoms with E-state index >= 15 is 0 Å². The molecule has 9 heteroatoms. The Morgan fingerprint density at radius 3 is 1.63 bits per heavy atom. The van der Waals surface area contributed by atoms with Crippen LogP contribution in [0, 0.1) is 0 Å². The Hall–Kier alpha value is 0.110. The number of halogens is 1. The zero-order chi connectivity index (χ0) is 14.9. The zero-order valence-electron chi connectivity index (χ0n) is 10.7. The monoisotopic (exact) mass is 336 g/mol. The summed E-state index contributed by atoms with van der Waals surface area (Å²) < 4.78 is 57.9. The van der Waals surface area contributed by atoms with E-state index in [1.54, 1.807) is 0 Å². The molecule has 0 rings (SSSR count). The molecule has 0 bridgehead atoms. The van der Waals surface area contributed by atoms with Gasteiger partial charge in [0.15, 0.2) is 4.71 Å². The Kier molecular flexibility index (Phi) is 9.17. The first-order valence-corrected chi connectivity index (χ1v) is 9.73. The molecule has 0 aromatic heterocycles. The summed E-state index contributed by atoms with van der Waals surface area (Å²) in [4.78, 5) is 0. The van der Waals surface area contributed by atoms with E-state index in [9.17, 15) is 16.8 Å². The SMILES string of the molecule is O=S(=O)(O)CCCCCCCCCC(Cl)S(=O)(=O)O. The number of hydrogen-bond donors (Lipinski definition) is 2. The third-order valence-corrected chi connectivity index (χ3v) is 5.24.